The van der Waals surface area contributed by atoms with Crippen LogP contribution in [0.15, 0.2) is 54.4 Å². The van der Waals surface area contributed by atoms with Crippen LogP contribution in [0.1, 0.15) is 11.1 Å². The quantitative estimate of drug-likeness (QED) is 0.495. The number of aromatic amines is 1. The van der Waals surface area contributed by atoms with Crippen LogP contribution in [-0.2, 0) is 11.3 Å². The van der Waals surface area contributed by atoms with Gasteiger partial charge in [0.05, 0.1) is 0 Å². The molecular formula is C19H17N5O. The minimum atomic E-state index is -0.411. The smallest absolute Gasteiger partial charge is 0.262 e. The fraction of sp³-hybridized carbons (Fsp3) is 0.105. The fourth-order valence-electron chi connectivity index (χ4n) is 2.59. The maximum atomic E-state index is 12.4. The molecule has 3 N–H and O–H groups in total. The number of para-hydroxylation sites is 1. The molecule has 0 fully saturated rings. The van der Waals surface area contributed by atoms with Crippen LogP contribution in [0.2, 0.25) is 0 Å². The lowest BCUT2D eigenvalue weighted by molar-refractivity contribution is -0.117. The number of pyridine rings is 1. The molecule has 0 unspecified atom stereocenters. The zero-order chi connectivity index (χ0) is 17.6. The van der Waals surface area contributed by atoms with Gasteiger partial charge in [-0.05, 0) is 29.8 Å². The van der Waals surface area contributed by atoms with E-state index < -0.39 is 5.91 Å². The van der Waals surface area contributed by atoms with Gasteiger partial charge in [-0.2, -0.15) is 5.26 Å². The van der Waals surface area contributed by atoms with Gasteiger partial charge in [-0.3, -0.25) is 4.79 Å². The number of benzene rings is 1. The minimum Gasteiger partial charge on any atom is -0.388 e. The number of nitrogens with zero attached hydrogens (tertiary/aromatic N) is 2. The Morgan fingerprint density at radius 1 is 1.32 bits per heavy atom. The Balaban J connectivity index is 1.79. The fourth-order valence-corrected chi connectivity index (χ4v) is 2.59. The van der Waals surface area contributed by atoms with Crippen LogP contribution < -0.4 is 10.6 Å². The Bertz CT molecular complexity index is 981. The molecule has 6 nitrogen and oxygen atoms in total. The zero-order valence-corrected chi connectivity index (χ0v) is 13.7. The lowest BCUT2D eigenvalue weighted by Crippen LogP contribution is -2.24. The van der Waals surface area contributed by atoms with E-state index in [4.69, 9.17) is 0 Å². The second kappa shape index (κ2) is 7.32. The summed E-state index contributed by atoms with van der Waals surface area (Å²) in [6, 6.07) is 13.4. The van der Waals surface area contributed by atoms with Crippen LogP contribution in [0.25, 0.3) is 17.1 Å². The molecule has 25 heavy (non-hydrogen) atoms. The molecule has 1 aromatic carbocycles. The Morgan fingerprint density at radius 3 is 2.96 bits per heavy atom. The maximum Gasteiger partial charge on any atom is 0.262 e. The second-order valence-electron chi connectivity index (χ2n) is 5.40. The Kier molecular flexibility index (Phi) is 4.77. The van der Waals surface area contributed by atoms with E-state index in [1.54, 1.807) is 18.5 Å². The van der Waals surface area contributed by atoms with Crippen molar-refractivity contribution < 1.29 is 4.79 Å². The van der Waals surface area contributed by atoms with Gasteiger partial charge in [-0.1, -0.05) is 18.2 Å². The predicted molar refractivity (Wildman–Crippen MR) is 97.5 cm³/mol. The van der Waals surface area contributed by atoms with Crippen molar-refractivity contribution in [2.75, 3.05) is 12.4 Å². The topological polar surface area (TPSA) is 93.6 Å². The number of hydrogen-bond acceptors (Lipinski definition) is 4. The van der Waals surface area contributed by atoms with Crippen molar-refractivity contribution in [2.24, 2.45) is 0 Å². The van der Waals surface area contributed by atoms with Gasteiger partial charge in [0, 0.05) is 42.6 Å². The predicted octanol–water partition coefficient (Wildman–Crippen LogP) is 2.83. The van der Waals surface area contributed by atoms with E-state index in [0.717, 1.165) is 27.8 Å². The number of amides is 1. The molecule has 0 aliphatic rings. The van der Waals surface area contributed by atoms with E-state index in [2.05, 4.69) is 20.6 Å². The van der Waals surface area contributed by atoms with Crippen LogP contribution in [0.3, 0.4) is 0 Å². The number of carbonyl (C=O) groups excluding carboxylic acids is 1. The SMILES string of the molecule is CNc1ccccc1CNC(=O)/C(C#N)=C/c1c[nH]c2ncccc12. The second-order valence-corrected chi connectivity index (χ2v) is 5.40. The monoisotopic (exact) mass is 331 g/mol. The van der Waals surface area contributed by atoms with Crippen molar-refractivity contribution in [3.63, 3.8) is 0 Å². The molecule has 0 spiro atoms. The first-order valence-corrected chi connectivity index (χ1v) is 7.80. The van der Waals surface area contributed by atoms with Gasteiger partial charge in [-0.15, -0.1) is 0 Å². The first-order valence-electron chi connectivity index (χ1n) is 7.80. The summed E-state index contributed by atoms with van der Waals surface area (Å²) in [5.41, 5.74) is 3.41. The van der Waals surface area contributed by atoms with Crippen molar-refractivity contribution in [1.82, 2.24) is 15.3 Å². The summed E-state index contributed by atoms with van der Waals surface area (Å²) in [5.74, 6) is -0.411. The normalized spacial score (nSPS) is 11.1. The molecule has 1 amide bonds. The lowest BCUT2D eigenvalue weighted by atomic mass is 10.1. The highest BCUT2D eigenvalue weighted by Gasteiger charge is 2.11. The number of hydrogen-bond donors (Lipinski definition) is 3. The number of fused-ring (bicyclic) bond motifs is 1. The average Bonchev–Trinajstić information content (AvgIpc) is 3.07. The van der Waals surface area contributed by atoms with Crippen molar-refractivity contribution in [2.45, 2.75) is 6.54 Å². The largest absolute Gasteiger partial charge is 0.388 e. The third kappa shape index (κ3) is 3.51. The number of H-pyrrole nitrogens is 1. The van der Waals surface area contributed by atoms with Crippen molar-refractivity contribution in [3.8, 4) is 6.07 Å². The van der Waals surface area contributed by atoms with E-state index in [1.807, 2.05) is 49.5 Å². The number of aromatic nitrogens is 2. The standard InChI is InChI=1S/C19H17N5O/c1-21-17-7-3-2-5-13(17)11-24-19(25)14(10-20)9-15-12-23-18-16(15)6-4-8-22-18/h2-9,12,21H,11H2,1H3,(H,22,23)(H,24,25)/b14-9+. The third-order valence-corrected chi connectivity index (χ3v) is 3.87. The zero-order valence-electron chi connectivity index (χ0n) is 13.7. The number of nitriles is 1. The Hall–Kier alpha value is -3.59. The van der Waals surface area contributed by atoms with Gasteiger partial charge in [0.15, 0.2) is 0 Å². The summed E-state index contributed by atoms with van der Waals surface area (Å²) in [7, 11) is 1.83. The van der Waals surface area contributed by atoms with Gasteiger partial charge >= 0.3 is 0 Å². The number of rotatable bonds is 5. The molecule has 0 saturated carbocycles. The minimum absolute atomic E-state index is 0.0479. The van der Waals surface area contributed by atoms with E-state index in [0.29, 0.717) is 6.54 Å². The van der Waals surface area contributed by atoms with Gasteiger partial charge in [0.1, 0.15) is 17.3 Å². The van der Waals surface area contributed by atoms with Gasteiger partial charge < -0.3 is 15.6 Å². The summed E-state index contributed by atoms with van der Waals surface area (Å²) in [6.07, 6.45) is 4.99. The van der Waals surface area contributed by atoms with Crippen molar-refractivity contribution >= 4 is 28.7 Å². The van der Waals surface area contributed by atoms with E-state index in [1.165, 1.54) is 0 Å². The highest BCUT2D eigenvalue weighted by atomic mass is 16.1. The van der Waals surface area contributed by atoms with Crippen LogP contribution >= 0.6 is 0 Å². The Morgan fingerprint density at radius 2 is 2.16 bits per heavy atom. The molecule has 124 valence electrons. The molecule has 2 heterocycles. The highest BCUT2D eigenvalue weighted by Crippen LogP contribution is 2.19. The van der Waals surface area contributed by atoms with Gasteiger partial charge in [0.25, 0.3) is 5.91 Å². The molecule has 0 aliphatic carbocycles. The molecule has 0 radical (unpaired) electrons. The molecular weight excluding hydrogens is 314 g/mol. The molecule has 3 rings (SSSR count). The third-order valence-electron chi connectivity index (χ3n) is 3.87. The van der Waals surface area contributed by atoms with Gasteiger partial charge in [-0.25, -0.2) is 4.98 Å². The number of anilines is 1. The summed E-state index contributed by atoms with van der Waals surface area (Å²) in [5, 5.41) is 16.1. The number of carbonyl (C=O) groups is 1. The summed E-state index contributed by atoms with van der Waals surface area (Å²) >= 11 is 0. The van der Waals surface area contributed by atoms with Crippen LogP contribution in [-0.4, -0.2) is 22.9 Å². The summed E-state index contributed by atoms with van der Waals surface area (Å²) in [4.78, 5) is 19.6. The molecule has 6 heteroatoms. The van der Waals surface area contributed by atoms with Gasteiger partial charge in [0.2, 0.25) is 0 Å². The highest BCUT2D eigenvalue weighted by molar-refractivity contribution is 6.03. The summed E-state index contributed by atoms with van der Waals surface area (Å²) in [6.45, 7) is 0.338. The number of nitrogens with one attached hydrogen (secondary N) is 3. The van der Waals surface area contributed by atoms with Crippen LogP contribution in [0.4, 0.5) is 5.69 Å². The molecule has 0 atom stereocenters. The molecule has 0 saturated heterocycles. The Labute approximate surface area is 145 Å². The van der Waals surface area contributed by atoms with Crippen molar-refractivity contribution in [1.29, 1.82) is 5.26 Å². The maximum absolute atomic E-state index is 12.4. The molecule has 0 bridgehead atoms. The summed E-state index contributed by atoms with van der Waals surface area (Å²) < 4.78 is 0. The lowest BCUT2D eigenvalue weighted by Gasteiger charge is -2.09. The van der Waals surface area contributed by atoms with Crippen molar-refractivity contribution in [3.05, 3.63) is 65.5 Å². The first-order chi connectivity index (χ1) is 12.2. The van der Waals surface area contributed by atoms with Crippen LogP contribution in [0.5, 0.6) is 0 Å². The molecule has 3 aromatic rings. The van der Waals surface area contributed by atoms with E-state index in [-0.39, 0.29) is 5.57 Å². The molecule has 2 aromatic heterocycles. The van der Waals surface area contributed by atoms with E-state index >= 15 is 0 Å². The van der Waals surface area contributed by atoms with E-state index in [9.17, 15) is 10.1 Å². The van der Waals surface area contributed by atoms with Crippen LogP contribution in [0, 0.1) is 11.3 Å². The molecule has 0 aliphatic heterocycles. The first kappa shape index (κ1) is 16.3. The average molecular weight is 331 g/mol.